The minimum Gasteiger partial charge on any atom is -0.461 e. The molecule has 25 heavy (non-hydrogen) atoms. The number of anilines is 1. The van der Waals surface area contributed by atoms with Crippen molar-refractivity contribution >= 4 is 23.7 Å². The van der Waals surface area contributed by atoms with Crippen LogP contribution in [0.25, 0.3) is 6.08 Å². The average molecular weight is 343 g/mol. The second kappa shape index (κ2) is 6.96. The summed E-state index contributed by atoms with van der Waals surface area (Å²) in [5, 5.41) is 6.24. The molecular weight excluding hydrogens is 322 g/mol. The van der Waals surface area contributed by atoms with E-state index in [-0.39, 0.29) is 18.4 Å². The molecule has 132 valence electrons. The van der Waals surface area contributed by atoms with Gasteiger partial charge in [-0.1, -0.05) is 12.1 Å². The Hall–Kier alpha value is -2.83. The number of aromatic nitrogens is 1. The number of hydrogen-bond acceptors (Lipinski definition) is 5. The first-order valence-electron chi connectivity index (χ1n) is 8.18. The first kappa shape index (κ1) is 17.0. The molecule has 0 bridgehead atoms. The molecule has 1 aliphatic rings. The van der Waals surface area contributed by atoms with Gasteiger partial charge in [-0.2, -0.15) is 0 Å². The fourth-order valence-corrected chi connectivity index (χ4v) is 2.56. The van der Waals surface area contributed by atoms with Crippen molar-refractivity contribution in [2.24, 2.45) is 5.92 Å². The van der Waals surface area contributed by atoms with Crippen LogP contribution in [-0.4, -0.2) is 35.5 Å². The third kappa shape index (κ3) is 4.37. The number of furan rings is 1. The monoisotopic (exact) mass is 343 g/mol. The van der Waals surface area contributed by atoms with Crippen molar-refractivity contribution in [3.63, 3.8) is 0 Å². The van der Waals surface area contributed by atoms with Gasteiger partial charge >= 0.3 is 0 Å². The van der Waals surface area contributed by atoms with Gasteiger partial charge in [-0.05, 0) is 37.5 Å². The third-order valence-corrected chi connectivity index (χ3v) is 4.17. The first-order valence-corrected chi connectivity index (χ1v) is 8.18. The zero-order valence-electron chi connectivity index (χ0n) is 14.5. The van der Waals surface area contributed by atoms with E-state index in [2.05, 4.69) is 17.4 Å². The molecule has 2 heterocycles. The van der Waals surface area contributed by atoms with Crippen LogP contribution < -0.4 is 5.32 Å². The maximum Gasteiger partial charge on any atom is 0.246 e. The fourth-order valence-electron chi connectivity index (χ4n) is 2.56. The number of hydrogen-bond donors (Lipinski definition) is 1. The van der Waals surface area contributed by atoms with Crippen molar-refractivity contribution in [2.45, 2.75) is 26.2 Å². The van der Waals surface area contributed by atoms with E-state index < -0.39 is 0 Å². The topological polar surface area (TPSA) is 88.6 Å². The molecule has 0 spiro atoms. The molecule has 2 unspecified atom stereocenters. The standard InChI is InChI=1S/C18H21N3O4/c1-11-8-14(11)15-6-4-13(24-15)5-7-18(23)21(3)10-17(22)19-16-9-12(2)25-20-16/h4-7,9,11,14H,8,10H2,1-3H3,(H,19,20,22)/b7-5+. The Morgan fingerprint density at radius 3 is 2.84 bits per heavy atom. The van der Waals surface area contributed by atoms with Gasteiger partial charge in [0.15, 0.2) is 5.82 Å². The van der Waals surface area contributed by atoms with Crippen LogP contribution in [0.3, 0.4) is 0 Å². The second-order valence-electron chi connectivity index (χ2n) is 6.46. The molecule has 1 aliphatic carbocycles. The van der Waals surface area contributed by atoms with Gasteiger partial charge in [0.1, 0.15) is 17.3 Å². The SMILES string of the molecule is Cc1cc(NC(=O)CN(C)C(=O)/C=C/c2ccc(C3CC3C)o2)no1. The minimum absolute atomic E-state index is 0.0852. The molecule has 2 aromatic heterocycles. The van der Waals surface area contributed by atoms with Crippen LogP contribution in [0.4, 0.5) is 5.82 Å². The van der Waals surface area contributed by atoms with E-state index in [1.165, 1.54) is 11.0 Å². The lowest BCUT2D eigenvalue weighted by atomic mass is 10.3. The molecule has 0 aliphatic heterocycles. The maximum atomic E-state index is 12.1. The summed E-state index contributed by atoms with van der Waals surface area (Å²) in [6.45, 7) is 3.83. The summed E-state index contributed by atoms with van der Waals surface area (Å²) in [4.78, 5) is 25.3. The summed E-state index contributed by atoms with van der Waals surface area (Å²) in [5.74, 6) is 3.07. The van der Waals surface area contributed by atoms with Crippen LogP contribution in [0.15, 0.2) is 33.2 Å². The molecule has 7 nitrogen and oxygen atoms in total. The van der Waals surface area contributed by atoms with Gasteiger partial charge in [0.25, 0.3) is 0 Å². The Kier molecular flexibility index (Phi) is 4.74. The van der Waals surface area contributed by atoms with Crippen LogP contribution in [0.2, 0.25) is 0 Å². The van der Waals surface area contributed by atoms with Crippen LogP contribution in [0.1, 0.15) is 36.5 Å². The van der Waals surface area contributed by atoms with Gasteiger partial charge in [-0.3, -0.25) is 9.59 Å². The number of likely N-dealkylation sites (N-methyl/N-ethyl adjacent to an activating group) is 1. The summed E-state index contributed by atoms with van der Waals surface area (Å²) in [5.41, 5.74) is 0. The Balaban J connectivity index is 1.49. The van der Waals surface area contributed by atoms with E-state index in [0.29, 0.717) is 29.2 Å². The Morgan fingerprint density at radius 2 is 2.20 bits per heavy atom. The van der Waals surface area contributed by atoms with Crippen molar-refractivity contribution < 1.29 is 18.5 Å². The van der Waals surface area contributed by atoms with Gasteiger partial charge in [0.2, 0.25) is 11.8 Å². The highest BCUT2D eigenvalue weighted by molar-refractivity contribution is 5.97. The molecule has 3 rings (SSSR count). The smallest absolute Gasteiger partial charge is 0.246 e. The lowest BCUT2D eigenvalue weighted by Gasteiger charge is -2.13. The van der Waals surface area contributed by atoms with E-state index >= 15 is 0 Å². The molecule has 1 N–H and O–H groups in total. The molecular formula is C18H21N3O4. The van der Waals surface area contributed by atoms with Crippen LogP contribution >= 0.6 is 0 Å². The van der Waals surface area contributed by atoms with Crippen LogP contribution in [-0.2, 0) is 9.59 Å². The zero-order chi connectivity index (χ0) is 18.0. The van der Waals surface area contributed by atoms with E-state index in [1.807, 2.05) is 12.1 Å². The van der Waals surface area contributed by atoms with E-state index in [0.717, 1.165) is 12.2 Å². The highest BCUT2D eigenvalue weighted by atomic mass is 16.5. The lowest BCUT2D eigenvalue weighted by Crippen LogP contribution is -2.33. The summed E-state index contributed by atoms with van der Waals surface area (Å²) in [6.07, 6.45) is 4.17. The number of aryl methyl sites for hydroxylation is 1. The van der Waals surface area contributed by atoms with Crippen LogP contribution in [0, 0.1) is 12.8 Å². The zero-order valence-corrected chi connectivity index (χ0v) is 14.5. The molecule has 0 radical (unpaired) electrons. The van der Waals surface area contributed by atoms with Gasteiger partial charge < -0.3 is 19.2 Å². The molecule has 2 atom stereocenters. The fraction of sp³-hybridized carbons (Fsp3) is 0.389. The van der Waals surface area contributed by atoms with E-state index in [9.17, 15) is 9.59 Å². The van der Waals surface area contributed by atoms with Crippen molar-refractivity contribution in [1.82, 2.24) is 10.1 Å². The molecule has 0 saturated heterocycles. The number of nitrogens with one attached hydrogen (secondary N) is 1. The van der Waals surface area contributed by atoms with Gasteiger partial charge in [-0.25, -0.2) is 0 Å². The number of rotatable bonds is 6. The predicted octanol–water partition coefficient (Wildman–Crippen LogP) is 2.81. The van der Waals surface area contributed by atoms with E-state index in [1.54, 1.807) is 26.1 Å². The quantitative estimate of drug-likeness (QED) is 0.815. The number of carbonyl (C=O) groups is 2. The highest BCUT2D eigenvalue weighted by Gasteiger charge is 2.36. The molecule has 2 aromatic rings. The first-order chi connectivity index (χ1) is 11.9. The van der Waals surface area contributed by atoms with Crippen molar-refractivity contribution in [3.05, 3.63) is 41.6 Å². The largest absolute Gasteiger partial charge is 0.461 e. The van der Waals surface area contributed by atoms with Gasteiger partial charge in [0, 0.05) is 25.1 Å². The molecule has 7 heteroatoms. The molecule has 1 saturated carbocycles. The van der Waals surface area contributed by atoms with Crippen molar-refractivity contribution in [1.29, 1.82) is 0 Å². The molecule has 0 aromatic carbocycles. The minimum atomic E-state index is -0.347. The summed E-state index contributed by atoms with van der Waals surface area (Å²) < 4.78 is 10.6. The summed E-state index contributed by atoms with van der Waals surface area (Å²) >= 11 is 0. The normalized spacial score (nSPS) is 19.2. The molecule has 1 fully saturated rings. The Morgan fingerprint density at radius 1 is 1.44 bits per heavy atom. The summed E-state index contributed by atoms with van der Waals surface area (Å²) in [6, 6.07) is 5.41. The lowest BCUT2D eigenvalue weighted by molar-refractivity contribution is -0.129. The Labute approximate surface area is 145 Å². The number of amides is 2. The van der Waals surface area contributed by atoms with E-state index in [4.69, 9.17) is 8.94 Å². The average Bonchev–Trinajstić information content (AvgIpc) is 2.96. The van der Waals surface area contributed by atoms with Crippen molar-refractivity contribution in [3.8, 4) is 0 Å². The van der Waals surface area contributed by atoms with Gasteiger partial charge in [-0.15, -0.1) is 0 Å². The van der Waals surface area contributed by atoms with Crippen molar-refractivity contribution in [2.75, 3.05) is 18.9 Å². The number of carbonyl (C=O) groups excluding carboxylic acids is 2. The second-order valence-corrected chi connectivity index (χ2v) is 6.46. The maximum absolute atomic E-state index is 12.1. The van der Waals surface area contributed by atoms with Crippen LogP contribution in [0.5, 0.6) is 0 Å². The highest BCUT2D eigenvalue weighted by Crippen LogP contribution is 2.47. The van der Waals surface area contributed by atoms with Gasteiger partial charge in [0.05, 0.1) is 6.54 Å². The summed E-state index contributed by atoms with van der Waals surface area (Å²) in [7, 11) is 1.56. The Bertz CT molecular complexity index is 805. The number of nitrogens with zero attached hydrogens (tertiary/aromatic N) is 2. The molecule has 2 amide bonds. The predicted molar refractivity (Wildman–Crippen MR) is 91.8 cm³/mol. The third-order valence-electron chi connectivity index (χ3n) is 4.17.